The minimum atomic E-state index is 0.0333. The summed E-state index contributed by atoms with van der Waals surface area (Å²) in [5, 5.41) is 0. The summed E-state index contributed by atoms with van der Waals surface area (Å²) in [6.07, 6.45) is 0. The fourth-order valence-electron chi connectivity index (χ4n) is 8.37. The van der Waals surface area contributed by atoms with Gasteiger partial charge in [-0.15, -0.1) is 0 Å². The second kappa shape index (κ2) is 12.4. The molecule has 2 aliphatic rings. The van der Waals surface area contributed by atoms with Crippen molar-refractivity contribution in [2.45, 2.75) is 52.4 Å². The molecule has 0 radical (unpaired) electrons. The highest BCUT2D eigenvalue weighted by Gasteiger charge is 2.43. The summed E-state index contributed by atoms with van der Waals surface area (Å²) < 4.78 is 0. The molecule has 0 N–H and O–H groups in total. The summed E-state index contributed by atoms with van der Waals surface area (Å²) in [6.45, 7) is 14.0. The Balaban J connectivity index is 1.30. The lowest BCUT2D eigenvalue weighted by Crippen LogP contribution is -2.55. The molecule has 0 fully saturated rings. The van der Waals surface area contributed by atoms with Crippen molar-refractivity contribution in [3.05, 3.63) is 175 Å². The van der Waals surface area contributed by atoms with Gasteiger partial charge in [0.15, 0.2) is 0 Å². The third-order valence-corrected chi connectivity index (χ3v) is 11.2. The average Bonchev–Trinajstić information content (AvgIpc) is 3.50. The zero-order valence-electron chi connectivity index (χ0n) is 31.6. The van der Waals surface area contributed by atoms with E-state index in [2.05, 4.69) is 215 Å². The van der Waals surface area contributed by atoms with Crippen LogP contribution in [0.3, 0.4) is 0 Å². The Hall–Kier alpha value is -5.80. The minimum Gasteiger partial charge on any atom is -0.311 e. The second-order valence-corrected chi connectivity index (χ2v) is 16.7. The van der Waals surface area contributed by atoms with E-state index in [-0.39, 0.29) is 17.5 Å². The van der Waals surface area contributed by atoms with Crippen LogP contribution in [-0.4, -0.2) is 6.71 Å². The van der Waals surface area contributed by atoms with Gasteiger partial charge >= 0.3 is 0 Å². The van der Waals surface area contributed by atoms with Gasteiger partial charge in [-0.25, -0.2) is 0 Å². The summed E-state index contributed by atoms with van der Waals surface area (Å²) in [5.41, 5.74) is 19.0. The third kappa shape index (κ3) is 5.67. The number of hydrogen-bond acceptors (Lipinski definition) is 2. The zero-order valence-corrected chi connectivity index (χ0v) is 31.6. The van der Waals surface area contributed by atoms with Gasteiger partial charge in [0.1, 0.15) is 0 Å². The molecule has 0 saturated heterocycles. The first-order valence-corrected chi connectivity index (χ1v) is 18.9. The van der Waals surface area contributed by atoms with Crippen molar-refractivity contribution in [1.29, 1.82) is 0 Å². The predicted octanol–water partition coefficient (Wildman–Crippen LogP) is 11.7. The highest BCUT2D eigenvalue weighted by molar-refractivity contribution is 7.01. The van der Waals surface area contributed by atoms with E-state index in [1.807, 2.05) is 0 Å². The fraction of sp³-hybridized carbons (Fsp3) is 0.160. The highest BCUT2D eigenvalue weighted by atomic mass is 15.2. The Morgan fingerprint density at radius 3 is 1.70 bits per heavy atom. The Morgan fingerprint density at radius 2 is 1.02 bits per heavy atom. The molecule has 0 bridgehead atoms. The van der Waals surface area contributed by atoms with Gasteiger partial charge in [-0.05, 0) is 110 Å². The predicted molar refractivity (Wildman–Crippen MR) is 229 cm³/mol. The van der Waals surface area contributed by atoms with Gasteiger partial charge in [-0.2, -0.15) is 0 Å². The summed E-state index contributed by atoms with van der Waals surface area (Å²) in [4.78, 5) is 4.95. The lowest BCUT2D eigenvalue weighted by Gasteiger charge is -2.38. The lowest BCUT2D eigenvalue weighted by molar-refractivity contribution is 0.590. The van der Waals surface area contributed by atoms with E-state index in [4.69, 9.17) is 0 Å². The van der Waals surface area contributed by atoms with Gasteiger partial charge in [0.2, 0.25) is 6.71 Å². The molecule has 7 aromatic carbocycles. The van der Waals surface area contributed by atoms with Crippen LogP contribution in [0.5, 0.6) is 0 Å². The smallest absolute Gasteiger partial charge is 0.248 e. The van der Waals surface area contributed by atoms with Crippen LogP contribution in [0.15, 0.2) is 164 Å². The Kier molecular flexibility index (Phi) is 7.75. The Labute approximate surface area is 315 Å². The van der Waals surface area contributed by atoms with Crippen molar-refractivity contribution >= 4 is 57.2 Å². The van der Waals surface area contributed by atoms with E-state index >= 15 is 0 Å². The van der Waals surface area contributed by atoms with Gasteiger partial charge in [-0.1, -0.05) is 156 Å². The number of fused-ring (bicyclic) bond motifs is 5. The number of anilines is 6. The van der Waals surface area contributed by atoms with Gasteiger partial charge in [0, 0.05) is 34.1 Å². The monoisotopic (exact) mass is 684 g/mol. The van der Waals surface area contributed by atoms with E-state index in [0.717, 1.165) is 17.1 Å². The maximum absolute atomic E-state index is 2.53. The quantitative estimate of drug-likeness (QED) is 0.167. The molecule has 0 aromatic heterocycles. The SMILES string of the molecule is CC(C)(C)c1ccc(N2c3ccc(C(C)(C)C)cc3B3c4ccccc4-c4cc(N(c5ccccc5)c5ccc(-c6ccccc6)cc5)cc2c43)cc1. The standard InChI is InChI=1S/C50H45BN2/c1-49(2,3)36-23-28-40(29-24-36)53-46-30-25-37(50(4,5)6)31-45(46)51-44-20-14-13-19-42(44)43-32-41(33-47(53)48(43)51)52(38-17-11-8-12-18-38)39-26-21-35(22-27-39)34-15-9-7-10-16-34/h7-33H,1-6H3. The van der Waals surface area contributed by atoms with Crippen LogP contribution in [0.25, 0.3) is 22.3 Å². The van der Waals surface area contributed by atoms with Crippen LogP contribution in [0.1, 0.15) is 52.7 Å². The summed E-state index contributed by atoms with van der Waals surface area (Å²) >= 11 is 0. The Bertz CT molecular complexity index is 2450. The van der Waals surface area contributed by atoms with Crippen molar-refractivity contribution < 1.29 is 0 Å². The molecule has 2 nitrogen and oxygen atoms in total. The molecule has 9 rings (SSSR count). The molecule has 0 atom stereocenters. The van der Waals surface area contributed by atoms with E-state index in [1.165, 1.54) is 66.8 Å². The molecule has 258 valence electrons. The van der Waals surface area contributed by atoms with Gasteiger partial charge in [0.25, 0.3) is 0 Å². The number of hydrogen-bond donors (Lipinski definition) is 0. The molecule has 53 heavy (non-hydrogen) atoms. The lowest BCUT2D eigenvalue weighted by atomic mass is 9.37. The normalized spacial score (nSPS) is 13.0. The van der Waals surface area contributed by atoms with Crippen molar-refractivity contribution in [2.24, 2.45) is 0 Å². The van der Waals surface area contributed by atoms with E-state index in [0.29, 0.717) is 0 Å². The van der Waals surface area contributed by atoms with Crippen molar-refractivity contribution in [2.75, 3.05) is 9.80 Å². The molecule has 0 spiro atoms. The van der Waals surface area contributed by atoms with Crippen LogP contribution < -0.4 is 26.2 Å². The van der Waals surface area contributed by atoms with Gasteiger partial charge < -0.3 is 9.80 Å². The van der Waals surface area contributed by atoms with Crippen LogP contribution in [0.2, 0.25) is 0 Å². The molecule has 7 aromatic rings. The molecular weight excluding hydrogens is 639 g/mol. The number of benzene rings is 7. The first-order chi connectivity index (χ1) is 25.6. The van der Waals surface area contributed by atoms with Gasteiger partial charge in [0.05, 0.1) is 0 Å². The minimum absolute atomic E-state index is 0.0333. The summed E-state index contributed by atoms with van der Waals surface area (Å²) in [7, 11) is 0. The number of para-hydroxylation sites is 1. The van der Waals surface area contributed by atoms with Crippen LogP contribution in [-0.2, 0) is 10.8 Å². The third-order valence-electron chi connectivity index (χ3n) is 11.2. The van der Waals surface area contributed by atoms with Crippen molar-refractivity contribution in [3.63, 3.8) is 0 Å². The summed E-state index contributed by atoms with van der Waals surface area (Å²) in [6, 6.07) is 60.9. The van der Waals surface area contributed by atoms with Crippen LogP contribution in [0, 0.1) is 0 Å². The maximum Gasteiger partial charge on any atom is 0.248 e. The molecule has 0 aliphatic carbocycles. The molecule has 3 heteroatoms. The van der Waals surface area contributed by atoms with Crippen molar-refractivity contribution in [3.8, 4) is 22.3 Å². The highest BCUT2D eigenvalue weighted by Crippen LogP contribution is 2.46. The molecule has 0 amide bonds. The van der Waals surface area contributed by atoms with Crippen LogP contribution >= 0.6 is 0 Å². The van der Waals surface area contributed by atoms with E-state index in [9.17, 15) is 0 Å². The average molecular weight is 685 g/mol. The fourth-order valence-corrected chi connectivity index (χ4v) is 8.37. The zero-order chi connectivity index (χ0) is 36.5. The second-order valence-electron chi connectivity index (χ2n) is 16.7. The Morgan fingerprint density at radius 1 is 0.434 bits per heavy atom. The van der Waals surface area contributed by atoms with Crippen LogP contribution in [0.4, 0.5) is 34.1 Å². The van der Waals surface area contributed by atoms with E-state index < -0.39 is 0 Å². The summed E-state index contributed by atoms with van der Waals surface area (Å²) in [5.74, 6) is 0. The van der Waals surface area contributed by atoms with E-state index in [1.54, 1.807) is 0 Å². The topological polar surface area (TPSA) is 6.48 Å². The molecule has 2 heterocycles. The first kappa shape index (κ1) is 33.1. The maximum atomic E-state index is 2.53. The number of rotatable bonds is 5. The van der Waals surface area contributed by atoms with Crippen molar-refractivity contribution in [1.82, 2.24) is 0 Å². The molecular formula is C50H45BN2. The molecule has 0 saturated carbocycles. The number of nitrogens with zero attached hydrogens (tertiary/aromatic N) is 2. The first-order valence-electron chi connectivity index (χ1n) is 18.9. The van der Waals surface area contributed by atoms with Gasteiger partial charge in [-0.3, -0.25) is 0 Å². The molecule has 0 unspecified atom stereocenters. The molecule has 2 aliphatic heterocycles. The largest absolute Gasteiger partial charge is 0.311 e.